The fraction of sp³-hybridized carbons (Fsp3) is 0.447. The molecule has 3 N–H and O–H groups in total. The van der Waals surface area contributed by atoms with E-state index >= 15 is 0 Å². The minimum atomic E-state index is -4.54. The monoisotopic (exact) mass is 767 g/mol. The second-order valence-corrected chi connectivity index (χ2v) is 17.5. The Morgan fingerprint density at radius 2 is 1.80 bits per heavy atom. The summed E-state index contributed by atoms with van der Waals surface area (Å²) in [6, 6.07) is 9.28. The number of carbonyl (C=O) groups excluding carboxylic acids is 3. The number of para-hydroxylation sites is 1. The lowest BCUT2D eigenvalue weighted by molar-refractivity contribution is -0.141. The minimum Gasteiger partial charge on any atom is -0.470 e. The fourth-order valence-corrected chi connectivity index (χ4v) is 8.41. The molecule has 2 aromatic heterocycles. The van der Waals surface area contributed by atoms with Gasteiger partial charge in [-0.1, -0.05) is 51.1 Å². The maximum atomic E-state index is 14.3. The third-order valence-electron chi connectivity index (χ3n) is 10.6. The summed E-state index contributed by atoms with van der Waals surface area (Å²) in [6.07, 6.45) is -3.13. The van der Waals surface area contributed by atoms with Crippen LogP contribution in [0.5, 0.6) is 5.88 Å². The Kier molecular flexibility index (Phi) is 9.15. The van der Waals surface area contributed by atoms with Crippen molar-refractivity contribution in [3.63, 3.8) is 0 Å². The van der Waals surface area contributed by atoms with Gasteiger partial charge in [0.05, 0.1) is 34.9 Å². The Morgan fingerprint density at radius 3 is 2.41 bits per heavy atom. The van der Waals surface area contributed by atoms with Gasteiger partial charge in [0.15, 0.2) is 11.6 Å². The fourth-order valence-electron chi connectivity index (χ4n) is 7.03. The molecule has 16 heteroatoms. The van der Waals surface area contributed by atoms with Crippen LogP contribution in [0, 0.1) is 16.7 Å². The first-order chi connectivity index (χ1) is 25.3. The minimum absolute atomic E-state index is 0.0282. The van der Waals surface area contributed by atoms with Crippen LogP contribution in [0.15, 0.2) is 65.6 Å². The molecule has 1 saturated heterocycles. The molecule has 5 atom stereocenters. The molecule has 0 unspecified atom stereocenters. The number of nitrogens with zero attached hydrogens (tertiary/aromatic N) is 3. The lowest BCUT2D eigenvalue weighted by Gasteiger charge is -2.32. The van der Waals surface area contributed by atoms with Crippen molar-refractivity contribution in [2.24, 2.45) is 22.5 Å². The van der Waals surface area contributed by atoms with Crippen LogP contribution in [0.2, 0.25) is 0 Å². The molecule has 3 aliphatic rings. The predicted octanol–water partition coefficient (Wildman–Crippen LogP) is 5.54. The number of allylic oxidation sites excluding steroid dienone is 1. The van der Waals surface area contributed by atoms with Gasteiger partial charge in [0, 0.05) is 23.8 Å². The summed E-state index contributed by atoms with van der Waals surface area (Å²) < 4.78 is 80.1. The van der Waals surface area contributed by atoms with Crippen LogP contribution >= 0.6 is 0 Å². The lowest BCUT2D eigenvalue weighted by Crippen LogP contribution is -2.53. The van der Waals surface area contributed by atoms with Gasteiger partial charge < -0.3 is 19.8 Å². The third kappa shape index (κ3) is 6.96. The molecule has 2 aromatic carbocycles. The maximum absolute atomic E-state index is 14.3. The van der Waals surface area contributed by atoms with E-state index < -0.39 is 79.5 Å². The van der Waals surface area contributed by atoms with E-state index in [1.165, 1.54) is 23.1 Å². The van der Waals surface area contributed by atoms with Gasteiger partial charge in [-0.05, 0) is 54.9 Å². The number of benzene rings is 2. The SMILES string of the molecule is C=C[C@@H]1C[C@]1(CC(=O)[C@@H]1C[C@@H](Oc2nc(-c3ccc(C(F)(F)F)cc3)nc3c2oc2ccccc23)CN1C(=O)[C@@H](N)C(C)(C)C)C(=O)NS(=O)(=O)C1CC1. The van der Waals surface area contributed by atoms with Gasteiger partial charge >= 0.3 is 6.18 Å². The number of amides is 2. The highest BCUT2D eigenvalue weighted by atomic mass is 32.2. The smallest absolute Gasteiger partial charge is 0.416 e. The first-order valence-electron chi connectivity index (χ1n) is 17.6. The van der Waals surface area contributed by atoms with Crippen LogP contribution in [0.25, 0.3) is 33.5 Å². The summed E-state index contributed by atoms with van der Waals surface area (Å²) in [5.74, 6) is -2.19. The van der Waals surface area contributed by atoms with Gasteiger partial charge in [-0.15, -0.1) is 6.58 Å². The van der Waals surface area contributed by atoms with Gasteiger partial charge in [0.25, 0.3) is 5.88 Å². The molecule has 2 amide bonds. The summed E-state index contributed by atoms with van der Waals surface area (Å²) in [6.45, 7) is 9.04. The largest absolute Gasteiger partial charge is 0.470 e. The number of Topliss-reactive ketones (excluding diaryl/α,β-unsaturated/α-hetero) is 1. The van der Waals surface area contributed by atoms with E-state index in [-0.39, 0.29) is 48.7 Å². The van der Waals surface area contributed by atoms with E-state index in [9.17, 15) is 36.0 Å². The van der Waals surface area contributed by atoms with Crippen molar-refractivity contribution in [1.82, 2.24) is 19.6 Å². The summed E-state index contributed by atoms with van der Waals surface area (Å²) in [5.41, 5.74) is 4.78. The highest BCUT2D eigenvalue weighted by Gasteiger charge is 2.61. The van der Waals surface area contributed by atoms with Gasteiger partial charge in [-0.25, -0.2) is 13.4 Å². The van der Waals surface area contributed by atoms with Gasteiger partial charge in [0.1, 0.15) is 17.2 Å². The highest BCUT2D eigenvalue weighted by Crippen LogP contribution is 2.57. The number of aromatic nitrogens is 2. The third-order valence-corrected chi connectivity index (χ3v) is 12.4. The molecular formula is C38H40F3N5O7S. The number of ketones is 1. The Hall–Kier alpha value is -4.83. The average molecular weight is 768 g/mol. The van der Waals surface area contributed by atoms with E-state index in [0.717, 1.165) is 12.1 Å². The zero-order valence-corrected chi connectivity index (χ0v) is 30.7. The number of halogens is 3. The molecule has 54 heavy (non-hydrogen) atoms. The first kappa shape index (κ1) is 37.5. The summed E-state index contributed by atoms with van der Waals surface area (Å²) in [4.78, 5) is 52.2. The number of sulfonamides is 1. The number of fused-ring (bicyclic) bond motifs is 3. The van der Waals surface area contributed by atoms with Crippen molar-refractivity contribution in [2.75, 3.05) is 6.54 Å². The zero-order chi connectivity index (χ0) is 39.0. The van der Waals surface area contributed by atoms with Crippen molar-refractivity contribution in [2.45, 2.75) is 82.5 Å². The number of carbonyl (C=O) groups is 3. The van der Waals surface area contributed by atoms with Crippen molar-refractivity contribution >= 4 is 49.7 Å². The number of rotatable bonds is 11. The van der Waals surface area contributed by atoms with Crippen LogP contribution in [0.3, 0.4) is 0 Å². The van der Waals surface area contributed by atoms with E-state index in [4.69, 9.17) is 14.9 Å². The Bertz CT molecular complexity index is 2280. The average Bonchev–Trinajstić information content (AvgIpc) is 4.02. The van der Waals surface area contributed by atoms with Crippen LogP contribution in [-0.2, 0) is 30.6 Å². The Balaban J connectivity index is 1.22. The predicted molar refractivity (Wildman–Crippen MR) is 192 cm³/mol. The van der Waals surface area contributed by atoms with Gasteiger partial charge in [-0.2, -0.15) is 18.2 Å². The Labute approximate surface area is 309 Å². The number of hydrogen-bond acceptors (Lipinski definition) is 10. The van der Waals surface area contributed by atoms with Crippen LogP contribution in [0.4, 0.5) is 13.2 Å². The number of alkyl halides is 3. The van der Waals surface area contributed by atoms with Crippen molar-refractivity contribution in [3.8, 4) is 17.3 Å². The zero-order valence-electron chi connectivity index (χ0n) is 29.9. The summed E-state index contributed by atoms with van der Waals surface area (Å²) in [5, 5.41) is -0.0384. The number of ether oxygens (including phenoxy) is 1. The molecule has 4 aromatic rings. The molecule has 0 bridgehead atoms. The molecule has 2 saturated carbocycles. The molecule has 0 radical (unpaired) electrons. The van der Waals surface area contributed by atoms with Crippen molar-refractivity contribution in [3.05, 3.63) is 66.7 Å². The second kappa shape index (κ2) is 13.2. The number of nitrogens with two attached hydrogens (primary N) is 1. The maximum Gasteiger partial charge on any atom is 0.416 e. The molecule has 0 spiro atoms. The summed E-state index contributed by atoms with van der Waals surface area (Å²) >= 11 is 0. The standard InChI is InChI=1S/C38H40F3N5O7S/c1-5-21-17-37(21,35(49)45-54(50,51)24-14-15-24)18-27(47)26-16-23(19-46(26)34(48)31(42)36(2,3)4)52-33-30-29(25-8-6-7-9-28(25)53-30)43-32(44-33)20-10-12-22(13-11-20)38(39,40)41/h5-13,21,23-24,26,31H,1,14-19,42H2,2-4H3,(H,45,49)/t21-,23-,26+,31-,37-/m1/s1. The highest BCUT2D eigenvalue weighted by molar-refractivity contribution is 7.90. The molecule has 7 rings (SSSR count). The van der Waals surface area contributed by atoms with E-state index in [1.54, 1.807) is 45.0 Å². The van der Waals surface area contributed by atoms with E-state index in [1.807, 2.05) is 0 Å². The number of likely N-dealkylation sites (tertiary alicyclic amines) is 1. The molecule has 3 fully saturated rings. The molecular weight excluding hydrogens is 728 g/mol. The Morgan fingerprint density at radius 1 is 1.11 bits per heavy atom. The van der Waals surface area contributed by atoms with E-state index in [2.05, 4.69) is 21.3 Å². The number of furan rings is 1. The summed E-state index contributed by atoms with van der Waals surface area (Å²) in [7, 11) is -3.89. The molecule has 1 aliphatic heterocycles. The molecule has 2 aliphatic carbocycles. The number of hydrogen-bond donors (Lipinski definition) is 2. The second-order valence-electron chi connectivity index (χ2n) is 15.6. The molecule has 286 valence electrons. The van der Waals surface area contributed by atoms with Gasteiger partial charge in [-0.3, -0.25) is 19.1 Å². The first-order valence-corrected chi connectivity index (χ1v) is 19.2. The van der Waals surface area contributed by atoms with Crippen molar-refractivity contribution < 1.29 is 45.1 Å². The van der Waals surface area contributed by atoms with Crippen LogP contribution in [-0.4, -0.2) is 70.9 Å². The quantitative estimate of drug-likeness (QED) is 0.184. The van der Waals surface area contributed by atoms with E-state index in [0.29, 0.717) is 29.3 Å². The van der Waals surface area contributed by atoms with Crippen LogP contribution in [0.1, 0.15) is 58.4 Å². The van der Waals surface area contributed by atoms with Crippen LogP contribution < -0.4 is 15.2 Å². The lowest BCUT2D eigenvalue weighted by atomic mass is 9.86. The normalized spacial score (nSPS) is 23.7. The number of nitrogens with one attached hydrogen (secondary N) is 1. The van der Waals surface area contributed by atoms with Gasteiger partial charge in [0.2, 0.25) is 27.4 Å². The topological polar surface area (TPSA) is 175 Å². The molecule has 3 heterocycles. The van der Waals surface area contributed by atoms with Crippen molar-refractivity contribution in [1.29, 1.82) is 0 Å². The molecule has 12 nitrogen and oxygen atoms in total.